The minimum absolute atomic E-state index is 0.0399. The molecule has 1 amide bonds. The van der Waals surface area contributed by atoms with Gasteiger partial charge in [-0.2, -0.15) is 0 Å². The van der Waals surface area contributed by atoms with Gasteiger partial charge in [0, 0.05) is 5.56 Å². The number of hydrogen-bond acceptors (Lipinski definition) is 6. The van der Waals surface area contributed by atoms with Crippen LogP contribution in [0, 0.1) is 0 Å². The van der Waals surface area contributed by atoms with Crippen LogP contribution in [0.5, 0.6) is 0 Å². The zero-order valence-electron chi connectivity index (χ0n) is 13.3. The normalized spacial score (nSPS) is 12.3. The molecule has 0 spiro atoms. The molecular weight excluding hydrogens is 393 g/mol. The number of amides is 1. The maximum Gasteiger partial charge on any atom is 0.188 e. The van der Waals surface area contributed by atoms with Gasteiger partial charge in [-0.1, -0.05) is 30.3 Å². The molecule has 0 aliphatic heterocycles. The van der Waals surface area contributed by atoms with Gasteiger partial charge < -0.3 is 5.11 Å². The number of ketones is 1. The molecule has 0 aromatic heterocycles. The topological polar surface area (TPSA) is 133 Å². The predicted octanol–water partition coefficient (Wildman–Crippen LogP) is 0.565. The molecule has 0 radical (unpaired) electrons. The van der Waals surface area contributed by atoms with Gasteiger partial charge in [0.2, 0.25) is 0 Å². The molecule has 2 aromatic carbocycles. The van der Waals surface area contributed by atoms with Gasteiger partial charge >= 0.3 is 88.4 Å². The van der Waals surface area contributed by atoms with Gasteiger partial charge in [-0.15, -0.1) is 0 Å². The van der Waals surface area contributed by atoms with Crippen LogP contribution >= 0.6 is 0 Å². The Balaban J connectivity index is 0.000000271. The first-order valence-corrected chi connectivity index (χ1v) is 10.3. The second kappa shape index (κ2) is 9.93. The summed E-state index contributed by atoms with van der Waals surface area (Å²) in [7, 11) is 0. The van der Waals surface area contributed by atoms with E-state index in [1.165, 1.54) is 25.1 Å². The van der Waals surface area contributed by atoms with Crippen molar-refractivity contribution in [3.05, 3.63) is 60.2 Å². The average Bonchev–Trinajstić information content (AvgIpc) is 2.62. The van der Waals surface area contributed by atoms with Crippen molar-refractivity contribution in [3.63, 3.8) is 0 Å². The number of aliphatic hydroxyl groups excluding tert-OH is 1. The first-order valence-electron chi connectivity index (χ1n) is 7.03. The minimum atomic E-state index is -4.83. The standard InChI is InChI=1S/C8H10AsNO5.C8H8O2/c1-6(11)10-8-4-2-3-7(5-8)9(12,13)15-14;9-6-8(10)7-4-2-1-3-5-7/h2-5,14H,1H3,(H,10,11)(H,12,13);1-5,9H,6H2. The van der Waals surface area contributed by atoms with Gasteiger partial charge in [-0.25, -0.2) is 0 Å². The zero-order valence-corrected chi connectivity index (χ0v) is 15.2. The van der Waals surface area contributed by atoms with Crippen LogP contribution in [0.15, 0.2) is 54.6 Å². The number of aliphatic hydroxyl groups is 1. The Hall–Kier alpha value is -2.22. The Labute approximate surface area is 147 Å². The van der Waals surface area contributed by atoms with Crippen molar-refractivity contribution in [2.75, 3.05) is 11.9 Å². The summed E-state index contributed by atoms with van der Waals surface area (Å²) in [5.74, 6) is -0.530. The SMILES string of the molecule is CC(=O)Nc1cccc([As](=O)(O)OO)c1.O=C(CO)c1ccccc1. The fourth-order valence-corrected chi connectivity index (χ4v) is 3.13. The van der Waals surface area contributed by atoms with E-state index >= 15 is 0 Å². The molecule has 8 nitrogen and oxygen atoms in total. The fourth-order valence-electron chi connectivity index (χ4n) is 1.73. The number of carbonyl (C=O) groups excluding carboxylic acids is 2. The summed E-state index contributed by atoms with van der Waals surface area (Å²) in [4.78, 5) is 21.5. The molecule has 0 saturated carbocycles. The van der Waals surface area contributed by atoms with Crippen molar-refractivity contribution in [3.8, 4) is 0 Å². The smallest absolute Gasteiger partial charge is 0.188 e. The molecule has 0 aliphatic rings. The predicted molar refractivity (Wildman–Crippen MR) is 90.6 cm³/mol. The summed E-state index contributed by atoms with van der Waals surface area (Å²) in [6, 6.07) is 14.4. The van der Waals surface area contributed by atoms with Crippen molar-refractivity contribution >= 4 is 35.9 Å². The molecule has 0 fully saturated rings. The number of carbonyl (C=O) groups is 2. The van der Waals surface area contributed by atoms with Crippen LogP contribution in [0.2, 0.25) is 0 Å². The number of rotatable bonds is 5. The molecule has 4 N–H and O–H groups in total. The maximum absolute atomic E-state index is 11.3. The molecule has 134 valence electrons. The third kappa shape index (κ3) is 7.04. The molecule has 0 heterocycles. The van der Waals surface area contributed by atoms with Gasteiger partial charge in [0.25, 0.3) is 0 Å². The summed E-state index contributed by atoms with van der Waals surface area (Å²) in [6.45, 7) is 0.906. The third-order valence-electron chi connectivity index (χ3n) is 2.84. The average molecular weight is 411 g/mol. The molecule has 0 aliphatic carbocycles. The molecular formula is C16H18AsNO7. The van der Waals surface area contributed by atoms with Crippen LogP contribution in [0.4, 0.5) is 5.69 Å². The molecule has 1 unspecified atom stereocenters. The van der Waals surface area contributed by atoms with Gasteiger partial charge in [-0.3, -0.25) is 4.79 Å². The van der Waals surface area contributed by atoms with E-state index in [4.69, 9.17) is 10.4 Å². The largest absolute Gasteiger partial charge is 0.388 e. The van der Waals surface area contributed by atoms with E-state index in [0.717, 1.165) is 0 Å². The minimum Gasteiger partial charge on any atom is -0.388 e. The summed E-state index contributed by atoms with van der Waals surface area (Å²) < 4.78 is 23.9. The van der Waals surface area contributed by atoms with Crippen molar-refractivity contribution in [2.45, 2.75) is 6.92 Å². The van der Waals surface area contributed by atoms with E-state index < -0.39 is 20.8 Å². The van der Waals surface area contributed by atoms with Gasteiger partial charge in [0.1, 0.15) is 6.61 Å². The van der Waals surface area contributed by atoms with Crippen LogP contribution < -0.4 is 9.67 Å². The second-order valence-electron chi connectivity index (χ2n) is 4.78. The number of benzene rings is 2. The fraction of sp³-hybridized carbons (Fsp3) is 0.125. The van der Waals surface area contributed by atoms with Gasteiger partial charge in [0.15, 0.2) is 5.78 Å². The number of anilines is 1. The van der Waals surface area contributed by atoms with Crippen LogP contribution in [0.3, 0.4) is 0 Å². The first kappa shape index (κ1) is 20.8. The van der Waals surface area contributed by atoms with E-state index in [1.54, 1.807) is 30.3 Å². The summed E-state index contributed by atoms with van der Waals surface area (Å²) in [5, 5.41) is 19.1. The molecule has 0 saturated heterocycles. The summed E-state index contributed by atoms with van der Waals surface area (Å²) >= 11 is -4.83. The second-order valence-corrected chi connectivity index (χ2v) is 8.39. The van der Waals surface area contributed by atoms with Crippen molar-refractivity contribution in [1.29, 1.82) is 0 Å². The Morgan fingerprint density at radius 1 is 1.12 bits per heavy atom. The van der Waals surface area contributed by atoms with E-state index in [2.05, 4.69) is 9.19 Å². The first-order chi connectivity index (χ1) is 11.8. The van der Waals surface area contributed by atoms with E-state index in [-0.39, 0.29) is 16.0 Å². The molecule has 25 heavy (non-hydrogen) atoms. The van der Waals surface area contributed by atoms with Crippen molar-refractivity contribution < 1.29 is 31.7 Å². The van der Waals surface area contributed by atoms with Crippen LogP contribution in [-0.2, 0) is 12.4 Å². The van der Waals surface area contributed by atoms with E-state index in [0.29, 0.717) is 11.3 Å². The van der Waals surface area contributed by atoms with E-state index in [9.17, 15) is 17.4 Å². The van der Waals surface area contributed by atoms with E-state index in [1.807, 2.05) is 6.07 Å². The van der Waals surface area contributed by atoms with Crippen molar-refractivity contribution in [2.24, 2.45) is 0 Å². The number of hydrogen-bond donors (Lipinski definition) is 4. The number of Topliss-reactive ketones (excluding diaryl/α,β-unsaturated/α-hetero) is 1. The molecule has 2 rings (SSSR count). The van der Waals surface area contributed by atoms with Crippen LogP contribution in [-0.4, -0.2) is 46.9 Å². The summed E-state index contributed by atoms with van der Waals surface area (Å²) in [5.41, 5.74) is 0.928. The Bertz CT molecular complexity index is 764. The van der Waals surface area contributed by atoms with Gasteiger partial charge in [0.05, 0.1) is 0 Å². The maximum atomic E-state index is 11.3. The number of nitrogens with one attached hydrogen (secondary N) is 1. The molecule has 9 heteroatoms. The molecule has 2 aromatic rings. The molecule has 1 atom stereocenters. The Morgan fingerprint density at radius 3 is 2.28 bits per heavy atom. The zero-order chi connectivity index (χ0) is 18.9. The quantitative estimate of drug-likeness (QED) is 0.245. The summed E-state index contributed by atoms with van der Waals surface area (Å²) in [6.07, 6.45) is 0. The monoisotopic (exact) mass is 411 g/mol. The van der Waals surface area contributed by atoms with Crippen LogP contribution in [0.1, 0.15) is 17.3 Å². The third-order valence-corrected chi connectivity index (χ3v) is 5.26. The van der Waals surface area contributed by atoms with Gasteiger partial charge in [-0.05, 0) is 0 Å². The molecule has 0 bridgehead atoms. The van der Waals surface area contributed by atoms with Crippen LogP contribution in [0.25, 0.3) is 0 Å². The Kier molecular flexibility index (Phi) is 8.27. The van der Waals surface area contributed by atoms with Crippen molar-refractivity contribution in [1.82, 2.24) is 0 Å². The Morgan fingerprint density at radius 2 is 1.76 bits per heavy atom.